The van der Waals surface area contributed by atoms with Crippen LogP contribution in [-0.4, -0.2) is 29.4 Å². The van der Waals surface area contributed by atoms with Gasteiger partial charge in [0.1, 0.15) is 11.6 Å². The van der Waals surface area contributed by atoms with E-state index in [1.165, 1.54) is 6.92 Å². The highest BCUT2D eigenvalue weighted by Crippen LogP contribution is 2.00. The monoisotopic (exact) mass is 201 g/mol. The molecule has 0 saturated heterocycles. The van der Waals surface area contributed by atoms with Crippen LogP contribution in [0.1, 0.15) is 33.1 Å². The molecule has 0 rings (SSSR count). The van der Waals surface area contributed by atoms with E-state index in [1.807, 2.05) is 5.48 Å². The topological polar surface area (TPSA) is 87.7 Å². The van der Waals surface area contributed by atoms with Crippen molar-refractivity contribution in [3.05, 3.63) is 0 Å². The molecule has 14 heavy (non-hydrogen) atoms. The van der Waals surface area contributed by atoms with Crippen LogP contribution in [0.25, 0.3) is 0 Å². The summed E-state index contributed by atoms with van der Waals surface area (Å²) in [4.78, 5) is 14.8. The molecule has 82 valence electrons. The molecule has 0 amide bonds. The Morgan fingerprint density at radius 2 is 2.14 bits per heavy atom. The molecule has 0 spiro atoms. The molecule has 0 heterocycles. The maximum absolute atomic E-state index is 10.8. The van der Waals surface area contributed by atoms with Gasteiger partial charge in [0.25, 0.3) is 0 Å². The Balaban J connectivity index is 3.43. The van der Waals surface area contributed by atoms with Crippen molar-refractivity contribution in [1.82, 2.24) is 5.48 Å². The number of hydroxylamine groups is 1. The van der Waals surface area contributed by atoms with E-state index in [9.17, 15) is 4.79 Å². The van der Waals surface area contributed by atoms with Crippen molar-refractivity contribution in [2.45, 2.75) is 39.2 Å². The maximum atomic E-state index is 10.8. The van der Waals surface area contributed by atoms with E-state index in [0.717, 1.165) is 12.8 Å². The van der Waals surface area contributed by atoms with E-state index in [0.29, 0.717) is 18.8 Å². The number of Topliss-reactive ketones (excluding diaryl/α,β-unsaturated/α-hetero) is 1. The number of hydrogen-bond donors (Lipinski definition) is 3. The number of aliphatic imine (C=N–C) groups is 1. The lowest BCUT2D eigenvalue weighted by Crippen LogP contribution is -2.27. The van der Waals surface area contributed by atoms with Gasteiger partial charge in [0, 0.05) is 6.54 Å². The second-order valence-corrected chi connectivity index (χ2v) is 3.29. The number of ketones is 1. The zero-order chi connectivity index (χ0) is 11.0. The molecule has 0 aromatic rings. The second kappa shape index (κ2) is 7.46. The number of amidine groups is 1. The summed E-state index contributed by atoms with van der Waals surface area (Å²) in [6, 6.07) is -0.337. The SMILES string of the molecule is CC(=O)[C@@H](N)CCCCN=C(C)NO. The number of carbonyl (C=O) groups excluding carboxylic acids is 1. The number of unbranched alkanes of at least 4 members (excludes halogenated alkanes) is 1. The lowest BCUT2D eigenvalue weighted by molar-refractivity contribution is -0.118. The van der Waals surface area contributed by atoms with Gasteiger partial charge in [-0.05, 0) is 33.1 Å². The Labute approximate surface area is 84.4 Å². The van der Waals surface area contributed by atoms with E-state index in [1.54, 1.807) is 6.92 Å². The van der Waals surface area contributed by atoms with Crippen LogP contribution in [0.4, 0.5) is 0 Å². The van der Waals surface area contributed by atoms with Crippen LogP contribution in [0, 0.1) is 0 Å². The highest BCUT2D eigenvalue weighted by Gasteiger charge is 2.06. The molecule has 0 aromatic heterocycles. The van der Waals surface area contributed by atoms with E-state index in [-0.39, 0.29) is 11.8 Å². The number of nitrogens with two attached hydrogens (primary N) is 1. The first kappa shape index (κ1) is 13.1. The third kappa shape index (κ3) is 6.56. The van der Waals surface area contributed by atoms with Gasteiger partial charge in [-0.25, -0.2) is 0 Å². The third-order valence-corrected chi connectivity index (χ3v) is 1.96. The summed E-state index contributed by atoms with van der Waals surface area (Å²) >= 11 is 0. The third-order valence-electron chi connectivity index (χ3n) is 1.96. The number of hydrogen-bond acceptors (Lipinski definition) is 4. The highest BCUT2D eigenvalue weighted by molar-refractivity contribution is 5.81. The molecule has 0 unspecified atom stereocenters. The van der Waals surface area contributed by atoms with E-state index in [4.69, 9.17) is 10.9 Å². The Morgan fingerprint density at radius 3 is 2.64 bits per heavy atom. The fourth-order valence-electron chi connectivity index (χ4n) is 0.961. The van der Waals surface area contributed by atoms with E-state index < -0.39 is 0 Å². The lowest BCUT2D eigenvalue weighted by Gasteiger charge is -2.05. The summed E-state index contributed by atoms with van der Waals surface area (Å²) in [7, 11) is 0. The normalized spacial score (nSPS) is 13.9. The molecular formula is C9H19N3O2. The molecule has 0 saturated carbocycles. The van der Waals surface area contributed by atoms with Crippen molar-refractivity contribution in [3.8, 4) is 0 Å². The average molecular weight is 201 g/mol. The quantitative estimate of drug-likeness (QED) is 0.252. The van der Waals surface area contributed by atoms with Crippen LogP contribution >= 0.6 is 0 Å². The minimum atomic E-state index is -0.337. The van der Waals surface area contributed by atoms with Crippen LogP contribution < -0.4 is 11.2 Å². The molecule has 0 aromatic carbocycles. The Hall–Kier alpha value is -0.940. The van der Waals surface area contributed by atoms with Gasteiger partial charge in [0.15, 0.2) is 0 Å². The Morgan fingerprint density at radius 1 is 1.50 bits per heavy atom. The fraction of sp³-hybridized carbons (Fsp3) is 0.778. The molecule has 0 aliphatic rings. The van der Waals surface area contributed by atoms with Crippen molar-refractivity contribution in [2.24, 2.45) is 10.7 Å². The summed E-state index contributed by atoms with van der Waals surface area (Å²) in [5.41, 5.74) is 7.50. The maximum Gasteiger partial charge on any atom is 0.146 e. The van der Waals surface area contributed by atoms with E-state index >= 15 is 0 Å². The molecule has 0 bridgehead atoms. The molecule has 0 aliphatic heterocycles. The summed E-state index contributed by atoms with van der Waals surface area (Å²) in [6.07, 6.45) is 2.46. The summed E-state index contributed by atoms with van der Waals surface area (Å²) in [5, 5.41) is 8.41. The Kier molecular flexibility index (Phi) is 6.96. The van der Waals surface area contributed by atoms with Crippen LogP contribution in [0.15, 0.2) is 4.99 Å². The number of carbonyl (C=O) groups is 1. The fourth-order valence-corrected chi connectivity index (χ4v) is 0.961. The summed E-state index contributed by atoms with van der Waals surface area (Å²) in [6.45, 7) is 3.83. The van der Waals surface area contributed by atoms with Crippen LogP contribution in [-0.2, 0) is 4.79 Å². The van der Waals surface area contributed by atoms with E-state index in [2.05, 4.69) is 4.99 Å². The van der Waals surface area contributed by atoms with Gasteiger partial charge < -0.3 is 5.73 Å². The zero-order valence-electron chi connectivity index (χ0n) is 8.79. The first-order valence-electron chi connectivity index (χ1n) is 4.75. The standard InChI is InChI=1S/C9H19N3O2/c1-7(13)9(10)5-3-4-6-11-8(2)12-14/h9,14H,3-6,10H2,1-2H3,(H,11,12)/t9-/m0/s1. The highest BCUT2D eigenvalue weighted by atomic mass is 16.5. The van der Waals surface area contributed by atoms with Crippen LogP contribution in [0.5, 0.6) is 0 Å². The van der Waals surface area contributed by atoms with Gasteiger partial charge in [0.05, 0.1) is 6.04 Å². The molecule has 0 aliphatic carbocycles. The van der Waals surface area contributed by atoms with Crippen molar-refractivity contribution >= 4 is 11.6 Å². The zero-order valence-corrected chi connectivity index (χ0v) is 8.79. The van der Waals surface area contributed by atoms with Gasteiger partial charge in [-0.1, -0.05) is 0 Å². The first-order valence-corrected chi connectivity index (χ1v) is 4.75. The lowest BCUT2D eigenvalue weighted by atomic mass is 10.1. The number of nitrogens with one attached hydrogen (secondary N) is 1. The van der Waals surface area contributed by atoms with Crippen molar-refractivity contribution < 1.29 is 10.0 Å². The Bertz CT molecular complexity index is 204. The average Bonchev–Trinajstić information content (AvgIpc) is 2.16. The summed E-state index contributed by atoms with van der Waals surface area (Å²) in [5.74, 6) is 0.530. The molecule has 5 nitrogen and oxygen atoms in total. The van der Waals surface area contributed by atoms with Crippen molar-refractivity contribution in [2.75, 3.05) is 6.54 Å². The van der Waals surface area contributed by atoms with Crippen LogP contribution in [0.3, 0.4) is 0 Å². The summed E-state index contributed by atoms with van der Waals surface area (Å²) < 4.78 is 0. The molecule has 5 heteroatoms. The predicted octanol–water partition coefficient (Wildman–Crippen LogP) is 0.470. The van der Waals surface area contributed by atoms with Crippen molar-refractivity contribution in [3.63, 3.8) is 0 Å². The smallest absolute Gasteiger partial charge is 0.146 e. The second-order valence-electron chi connectivity index (χ2n) is 3.29. The van der Waals surface area contributed by atoms with Gasteiger partial charge in [-0.3, -0.25) is 20.5 Å². The molecule has 0 radical (unpaired) electrons. The number of nitrogens with zero attached hydrogens (tertiary/aromatic N) is 1. The van der Waals surface area contributed by atoms with Gasteiger partial charge in [-0.2, -0.15) is 0 Å². The van der Waals surface area contributed by atoms with Gasteiger partial charge >= 0.3 is 0 Å². The molecule has 1 atom stereocenters. The predicted molar refractivity (Wildman–Crippen MR) is 55.4 cm³/mol. The minimum absolute atomic E-state index is 0.0294. The molecule has 4 N–H and O–H groups in total. The molecular weight excluding hydrogens is 182 g/mol. The largest absolute Gasteiger partial charge is 0.322 e. The van der Waals surface area contributed by atoms with Gasteiger partial charge in [-0.15, -0.1) is 0 Å². The first-order chi connectivity index (χ1) is 6.57. The minimum Gasteiger partial charge on any atom is -0.322 e. The number of rotatable bonds is 6. The van der Waals surface area contributed by atoms with Crippen LogP contribution in [0.2, 0.25) is 0 Å². The van der Waals surface area contributed by atoms with Crippen molar-refractivity contribution in [1.29, 1.82) is 0 Å². The van der Waals surface area contributed by atoms with Gasteiger partial charge in [0.2, 0.25) is 0 Å². The molecule has 0 fully saturated rings.